The van der Waals surface area contributed by atoms with Gasteiger partial charge in [0, 0.05) is 43.2 Å². The first kappa shape index (κ1) is 20.7. The second-order valence-corrected chi connectivity index (χ2v) is 6.18. The predicted octanol–water partition coefficient (Wildman–Crippen LogP) is 2.44. The zero-order valence-electron chi connectivity index (χ0n) is 14.0. The summed E-state index contributed by atoms with van der Waals surface area (Å²) < 4.78 is 0. The Morgan fingerprint density at radius 2 is 1.71 bits per heavy atom. The van der Waals surface area contributed by atoms with E-state index in [1.807, 2.05) is 16.8 Å². The van der Waals surface area contributed by atoms with Crippen molar-refractivity contribution in [3.63, 3.8) is 0 Å². The fourth-order valence-corrected chi connectivity index (χ4v) is 2.85. The van der Waals surface area contributed by atoms with E-state index in [-0.39, 0.29) is 24.2 Å². The summed E-state index contributed by atoms with van der Waals surface area (Å²) in [5, 5.41) is 3.67. The minimum absolute atomic E-state index is 0. The smallest absolute Gasteiger partial charge is 0.253 e. The van der Waals surface area contributed by atoms with Crippen LogP contribution in [-0.2, 0) is 4.79 Å². The highest BCUT2D eigenvalue weighted by molar-refractivity contribution is 6.30. The molecule has 1 aliphatic rings. The normalized spacial score (nSPS) is 14.8. The number of halogens is 2. The molecule has 0 aromatic heterocycles. The number of hydrogen-bond acceptors (Lipinski definition) is 3. The van der Waals surface area contributed by atoms with Crippen LogP contribution in [0.4, 0.5) is 0 Å². The van der Waals surface area contributed by atoms with Crippen molar-refractivity contribution in [3.8, 4) is 0 Å². The fraction of sp³-hybridized carbons (Fsp3) is 0.529. The summed E-state index contributed by atoms with van der Waals surface area (Å²) in [5.41, 5.74) is 0.642. The van der Waals surface area contributed by atoms with Gasteiger partial charge in [-0.3, -0.25) is 9.59 Å². The van der Waals surface area contributed by atoms with Crippen LogP contribution < -0.4 is 5.32 Å². The molecule has 1 N–H and O–H groups in total. The molecule has 0 radical (unpaired) electrons. The SMILES string of the molecule is CNCCCC(=O)N1CCCN(C(=O)c2ccc(Cl)cc2)CC1.Cl. The molecule has 0 spiro atoms. The van der Waals surface area contributed by atoms with Gasteiger partial charge in [0.1, 0.15) is 0 Å². The van der Waals surface area contributed by atoms with Crippen molar-refractivity contribution in [2.24, 2.45) is 0 Å². The van der Waals surface area contributed by atoms with Crippen LogP contribution in [0.15, 0.2) is 24.3 Å². The first-order chi connectivity index (χ1) is 11.1. The molecule has 0 aliphatic carbocycles. The first-order valence-electron chi connectivity index (χ1n) is 8.09. The van der Waals surface area contributed by atoms with E-state index in [0.717, 1.165) is 25.9 Å². The lowest BCUT2D eigenvalue weighted by Gasteiger charge is -2.22. The maximum absolute atomic E-state index is 12.5. The highest BCUT2D eigenvalue weighted by atomic mass is 35.5. The van der Waals surface area contributed by atoms with E-state index in [9.17, 15) is 9.59 Å². The highest BCUT2D eigenvalue weighted by Crippen LogP contribution is 2.13. The topological polar surface area (TPSA) is 52.7 Å². The second kappa shape index (κ2) is 10.5. The number of carbonyl (C=O) groups excluding carboxylic acids is 2. The molecule has 0 unspecified atom stereocenters. The average Bonchev–Trinajstić information content (AvgIpc) is 2.81. The lowest BCUT2D eigenvalue weighted by molar-refractivity contribution is -0.131. The molecule has 5 nitrogen and oxygen atoms in total. The van der Waals surface area contributed by atoms with Gasteiger partial charge in [0.25, 0.3) is 5.91 Å². The van der Waals surface area contributed by atoms with Crippen LogP contribution >= 0.6 is 24.0 Å². The van der Waals surface area contributed by atoms with Gasteiger partial charge in [-0.25, -0.2) is 0 Å². The lowest BCUT2D eigenvalue weighted by Crippen LogP contribution is -2.37. The monoisotopic (exact) mass is 373 g/mol. The fourth-order valence-electron chi connectivity index (χ4n) is 2.72. The summed E-state index contributed by atoms with van der Waals surface area (Å²) in [6.45, 7) is 3.45. The maximum Gasteiger partial charge on any atom is 0.253 e. The van der Waals surface area contributed by atoms with Gasteiger partial charge in [-0.05, 0) is 50.7 Å². The molecular weight excluding hydrogens is 349 g/mol. The molecule has 24 heavy (non-hydrogen) atoms. The van der Waals surface area contributed by atoms with Gasteiger partial charge in [-0.2, -0.15) is 0 Å². The molecule has 2 rings (SSSR count). The molecule has 0 atom stereocenters. The molecule has 1 aliphatic heterocycles. The Labute approximate surface area is 154 Å². The van der Waals surface area contributed by atoms with Crippen molar-refractivity contribution in [1.29, 1.82) is 0 Å². The average molecular weight is 374 g/mol. The van der Waals surface area contributed by atoms with E-state index < -0.39 is 0 Å². The third-order valence-electron chi connectivity index (χ3n) is 4.04. The molecular formula is C17H25Cl2N3O2. The van der Waals surface area contributed by atoms with Crippen molar-refractivity contribution < 1.29 is 9.59 Å². The molecule has 1 heterocycles. The summed E-state index contributed by atoms with van der Waals surface area (Å²) >= 11 is 5.86. The van der Waals surface area contributed by atoms with Crippen LogP contribution in [0.2, 0.25) is 5.02 Å². The van der Waals surface area contributed by atoms with Crippen molar-refractivity contribution in [1.82, 2.24) is 15.1 Å². The molecule has 7 heteroatoms. The molecule has 1 aromatic carbocycles. The van der Waals surface area contributed by atoms with E-state index in [4.69, 9.17) is 11.6 Å². The van der Waals surface area contributed by atoms with E-state index >= 15 is 0 Å². The van der Waals surface area contributed by atoms with Gasteiger partial charge in [0.05, 0.1) is 0 Å². The highest BCUT2D eigenvalue weighted by Gasteiger charge is 2.22. The Balaban J connectivity index is 0.00000288. The quantitative estimate of drug-likeness (QED) is 0.806. The number of benzene rings is 1. The molecule has 134 valence electrons. The Kier molecular flexibility index (Phi) is 9.11. The van der Waals surface area contributed by atoms with Crippen LogP contribution in [0.3, 0.4) is 0 Å². The van der Waals surface area contributed by atoms with E-state index in [0.29, 0.717) is 36.6 Å². The predicted molar refractivity (Wildman–Crippen MR) is 99.0 cm³/mol. The number of nitrogens with zero attached hydrogens (tertiary/aromatic N) is 2. The van der Waals surface area contributed by atoms with Crippen LogP contribution in [-0.4, -0.2) is 61.4 Å². The lowest BCUT2D eigenvalue weighted by atomic mass is 10.2. The van der Waals surface area contributed by atoms with Gasteiger partial charge in [-0.1, -0.05) is 11.6 Å². The Hall–Kier alpha value is -1.30. The van der Waals surface area contributed by atoms with Crippen LogP contribution in [0.1, 0.15) is 29.6 Å². The van der Waals surface area contributed by atoms with Gasteiger partial charge in [0.15, 0.2) is 0 Å². The molecule has 1 aromatic rings. The Morgan fingerprint density at radius 3 is 2.38 bits per heavy atom. The van der Waals surface area contributed by atoms with E-state index in [1.54, 1.807) is 24.3 Å². The number of hydrogen-bond donors (Lipinski definition) is 1. The van der Waals surface area contributed by atoms with Crippen LogP contribution in [0.25, 0.3) is 0 Å². The summed E-state index contributed by atoms with van der Waals surface area (Å²) in [7, 11) is 1.89. The van der Waals surface area contributed by atoms with Crippen LogP contribution in [0, 0.1) is 0 Å². The number of carbonyl (C=O) groups is 2. The summed E-state index contributed by atoms with van der Waals surface area (Å²) in [4.78, 5) is 28.4. The minimum atomic E-state index is 0. The van der Waals surface area contributed by atoms with Gasteiger partial charge in [-0.15, -0.1) is 12.4 Å². The van der Waals surface area contributed by atoms with Crippen molar-refractivity contribution >= 4 is 35.8 Å². The molecule has 2 amide bonds. The molecule has 0 bridgehead atoms. The van der Waals surface area contributed by atoms with E-state index in [2.05, 4.69) is 5.32 Å². The van der Waals surface area contributed by atoms with Crippen molar-refractivity contribution in [2.75, 3.05) is 39.8 Å². The van der Waals surface area contributed by atoms with E-state index in [1.165, 1.54) is 0 Å². The molecule has 1 saturated heterocycles. The Bertz CT molecular complexity index is 537. The van der Waals surface area contributed by atoms with Crippen molar-refractivity contribution in [2.45, 2.75) is 19.3 Å². The van der Waals surface area contributed by atoms with Crippen LogP contribution in [0.5, 0.6) is 0 Å². The standard InChI is InChI=1S/C17H24ClN3O2.ClH/c1-19-9-2-4-16(22)20-10-3-11-21(13-12-20)17(23)14-5-7-15(18)8-6-14;/h5-8,19H,2-4,9-13H2,1H3;1H. The summed E-state index contributed by atoms with van der Waals surface area (Å²) in [6.07, 6.45) is 2.22. The van der Waals surface area contributed by atoms with Gasteiger partial charge in [0.2, 0.25) is 5.91 Å². The zero-order valence-corrected chi connectivity index (χ0v) is 15.5. The summed E-state index contributed by atoms with van der Waals surface area (Å²) in [6, 6.07) is 6.95. The molecule has 1 fully saturated rings. The zero-order chi connectivity index (χ0) is 16.7. The maximum atomic E-state index is 12.5. The number of rotatable bonds is 5. The third kappa shape index (κ3) is 5.96. The number of amides is 2. The third-order valence-corrected chi connectivity index (χ3v) is 4.30. The Morgan fingerprint density at radius 1 is 1.08 bits per heavy atom. The first-order valence-corrected chi connectivity index (χ1v) is 8.47. The number of nitrogens with one attached hydrogen (secondary N) is 1. The minimum Gasteiger partial charge on any atom is -0.341 e. The van der Waals surface area contributed by atoms with Gasteiger partial charge < -0.3 is 15.1 Å². The van der Waals surface area contributed by atoms with Crippen molar-refractivity contribution in [3.05, 3.63) is 34.9 Å². The van der Waals surface area contributed by atoms with Gasteiger partial charge >= 0.3 is 0 Å². The summed E-state index contributed by atoms with van der Waals surface area (Å²) in [5.74, 6) is 0.187. The second-order valence-electron chi connectivity index (χ2n) is 5.74. The largest absolute Gasteiger partial charge is 0.341 e. The molecule has 0 saturated carbocycles.